The van der Waals surface area contributed by atoms with Gasteiger partial charge in [0, 0.05) is 39.0 Å². The molecule has 2 heterocycles. The molecule has 0 aliphatic carbocycles. The van der Waals surface area contributed by atoms with Crippen LogP contribution in [0.5, 0.6) is 11.5 Å². The normalized spacial score (nSPS) is 24.4. The Morgan fingerprint density at radius 3 is 2.41 bits per heavy atom. The van der Waals surface area contributed by atoms with Crippen LogP contribution in [0.25, 0.3) is 11.0 Å². The molecular formula is C24H30N4O4. The summed E-state index contributed by atoms with van der Waals surface area (Å²) < 4.78 is 16.4. The topological polar surface area (TPSA) is 92.2 Å². The van der Waals surface area contributed by atoms with Gasteiger partial charge in [-0.05, 0) is 25.5 Å². The van der Waals surface area contributed by atoms with E-state index in [0.29, 0.717) is 36.2 Å². The van der Waals surface area contributed by atoms with E-state index in [1.54, 1.807) is 28.4 Å². The summed E-state index contributed by atoms with van der Waals surface area (Å²) in [5, 5.41) is 11.7. The van der Waals surface area contributed by atoms with Crippen molar-refractivity contribution >= 4 is 22.6 Å². The minimum atomic E-state index is -0.783. The van der Waals surface area contributed by atoms with Gasteiger partial charge < -0.3 is 29.2 Å². The van der Waals surface area contributed by atoms with Crippen LogP contribution < -0.4 is 14.4 Å². The maximum Gasteiger partial charge on any atom is 0.124 e. The van der Waals surface area contributed by atoms with Crippen molar-refractivity contribution in [2.45, 2.75) is 30.9 Å². The van der Waals surface area contributed by atoms with E-state index in [9.17, 15) is 5.11 Å². The van der Waals surface area contributed by atoms with E-state index < -0.39 is 17.6 Å². The van der Waals surface area contributed by atoms with Gasteiger partial charge in [0.05, 0.1) is 42.6 Å². The SMILES string of the molecule is CN=C1C(c2nc3ccccc3[nH]2)C(O)C(C)(CCOC)N1c1cc(OC)cc(OC)c1. The second kappa shape index (κ2) is 8.80. The molecule has 0 radical (unpaired) electrons. The number of hydrogen-bond donors (Lipinski definition) is 2. The third-order valence-corrected chi connectivity index (χ3v) is 6.31. The highest BCUT2D eigenvalue weighted by Gasteiger charge is 2.55. The summed E-state index contributed by atoms with van der Waals surface area (Å²) in [6, 6.07) is 13.5. The number of aromatic amines is 1. The first-order valence-corrected chi connectivity index (χ1v) is 10.6. The van der Waals surface area contributed by atoms with Gasteiger partial charge in [0.2, 0.25) is 0 Å². The molecule has 4 rings (SSSR count). The van der Waals surface area contributed by atoms with Crippen molar-refractivity contribution in [1.82, 2.24) is 9.97 Å². The van der Waals surface area contributed by atoms with Crippen molar-refractivity contribution in [3.05, 3.63) is 48.3 Å². The fraction of sp³-hybridized carbons (Fsp3) is 0.417. The number of imidazole rings is 1. The molecule has 170 valence electrons. The number of methoxy groups -OCH3 is 3. The molecule has 8 nitrogen and oxygen atoms in total. The van der Waals surface area contributed by atoms with E-state index in [1.165, 1.54) is 0 Å². The number of anilines is 1. The second-order valence-corrected chi connectivity index (χ2v) is 8.15. The average Bonchev–Trinajstić information content (AvgIpc) is 3.33. The Kier molecular flexibility index (Phi) is 6.08. The fourth-order valence-electron chi connectivity index (χ4n) is 4.58. The van der Waals surface area contributed by atoms with Crippen LogP contribution in [0.3, 0.4) is 0 Å². The Balaban J connectivity index is 1.88. The highest BCUT2D eigenvalue weighted by molar-refractivity contribution is 6.07. The number of nitrogens with one attached hydrogen (secondary N) is 1. The van der Waals surface area contributed by atoms with Gasteiger partial charge in [-0.2, -0.15) is 0 Å². The molecule has 2 aromatic carbocycles. The number of para-hydroxylation sites is 2. The third-order valence-electron chi connectivity index (χ3n) is 6.31. The first-order valence-electron chi connectivity index (χ1n) is 10.6. The zero-order chi connectivity index (χ0) is 22.9. The summed E-state index contributed by atoms with van der Waals surface area (Å²) >= 11 is 0. The number of ether oxygens (including phenoxy) is 3. The van der Waals surface area contributed by atoms with Crippen molar-refractivity contribution in [1.29, 1.82) is 0 Å². The highest BCUT2D eigenvalue weighted by Crippen LogP contribution is 2.46. The molecule has 3 atom stereocenters. The fourth-order valence-corrected chi connectivity index (χ4v) is 4.58. The van der Waals surface area contributed by atoms with Gasteiger partial charge in [-0.15, -0.1) is 0 Å². The number of fused-ring (bicyclic) bond motifs is 1. The maximum atomic E-state index is 11.7. The van der Waals surface area contributed by atoms with E-state index in [1.807, 2.05) is 49.4 Å². The molecule has 1 fully saturated rings. The summed E-state index contributed by atoms with van der Waals surface area (Å²) in [4.78, 5) is 14.9. The Morgan fingerprint density at radius 2 is 1.81 bits per heavy atom. The van der Waals surface area contributed by atoms with Crippen LogP contribution in [0.15, 0.2) is 47.5 Å². The first kappa shape index (κ1) is 22.1. The highest BCUT2D eigenvalue weighted by atomic mass is 16.5. The van der Waals surface area contributed by atoms with Crippen LogP contribution in [0.2, 0.25) is 0 Å². The van der Waals surface area contributed by atoms with E-state index in [-0.39, 0.29) is 0 Å². The lowest BCUT2D eigenvalue weighted by Crippen LogP contribution is -2.50. The molecule has 0 bridgehead atoms. The molecular weight excluding hydrogens is 408 g/mol. The zero-order valence-corrected chi connectivity index (χ0v) is 19.1. The van der Waals surface area contributed by atoms with Crippen LogP contribution >= 0.6 is 0 Å². The number of hydrogen-bond acceptors (Lipinski definition) is 6. The minimum Gasteiger partial charge on any atom is -0.497 e. The van der Waals surface area contributed by atoms with Crippen LogP contribution in [0.4, 0.5) is 5.69 Å². The number of rotatable bonds is 7. The smallest absolute Gasteiger partial charge is 0.124 e. The standard InChI is InChI=1S/C24H30N4O4/c1-24(10-11-30-3)21(29)20(22-26-18-8-6-7-9-19(18)27-22)23(25-2)28(24)15-12-16(31-4)14-17(13-15)32-5/h6-9,12-14,20-21,29H,10-11H2,1-5H3,(H,26,27). The van der Waals surface area contributed by atoms with Crippen LogP contribution in [0.1, 0.15) is 25.1 Å². The van der Waals surface area contributed by atoms with Gasteiger partial charge in [-0.1, -0.05) is 12.1 Å². The number of H-pyrrole nitrogens is 1. The van der Waals surface area contributed by atoms with Crippen molar-refractivity contribution in [3.8, 4) is 11.5 Å². The molecule has 0 saturated carbocycles. The molecule has 1 aliphatic heterocycles. The Morgan fingerprint density at radius 1 is 1.12 bits per heavy atom. The summed E-state index contributed by atoms with van der Waals surface area (Å²) in [5.41, 5.74) is 1.89. The van der Waals surface area contributed by atoms with E-state index in [2.05, 4.69) is 14.9 Å². The number of nitrogens with zero attached hydrogens (tertiary/aromatic N) is 3. The van der Waals surface area contributed by atoms with Gasteiger partial charge in [0.15, 0.2) is 0 Å². The van der Waals surface area contributed by atoms with Crippen molar-refractivity contribution in [3.63, 3.8) is 0 Å². The van der Waals surface area contributed by atoms with Gasteiger partial charge in [-0.25, -0.2) is 4.98 Å². The molecule has 0 amide bonds. The maximum absolute atomic E-state index is 11.7. The van der Waals surface area contributed by atoms with Crippen LogP contribution in [-0.2, 0) is 4.74 Å². The second-order valence-electron chi connectivity index (χ2n) is 8.15. The van der Waals surface area contributed by atoms with Crippen molar-refractivity contribution in [2.75, 3.05) is 39.9 Å². The molecule has 3 aromatic rings. The molecule has 1 aliphatic rings. The molecule has 1 aromatic heterocycles. The van der Waals surface area contributed by atoms with Crippen LogP contribution in [0, 0.1) is 0 Å². The quantitative estimate of drug-likeness (QED) is 0.588. The Labute approximate surface area is 187 Å². The number of aliphatic hydroxyl groups excluding tert-OH is 1. The lowest BCUT2D eigenvalue weighted by molar-refractivity contribution is 0.0766. The molecule has 3 unspecified atom stereocenters. The van der Waals surface area contributed by atoms with Crippen molar-refractivity contribution < 1.29 is 19.3 Å². The number of benzene rings is 2. The van der Waals surface area contributed by atoms with E-state index in [0.717, 1.165) is 16.7 Å². The number of aliphatic imine (C=N–C) groups is 1. The van der Waals surface area contributed by atoms with Crippen LogP contribution in [-0.4, -0.2) is 67.5 Å². The van der Waals surface area contributed by atoms with Crippen molar-refractivity contribution in [2.24, 2.45) is 4.99 Å². The number of amidine groups is 1. The molecule has 0 spiro atoms. The average molecular weight is 439 g/mol. The zero-order valence-electron chi connectivity index (χ0n) is 19.1. The minimum absolute atomic E-state index is 0.438. The monoisotopic (exact) mass is 438 g/mol. The predicted molar refractivity (Wildman–Crippen MR) is 125 cm³/mol. The lowest BCUT2D eigenvalue weighted by Gasteiger charge is -2.38. The summed E-state index contributed by atoms with van der Waals surface area (Å²) in [6.07, 6.45) is -0.200. The summed E-state index contributed by atoms with van der Waals surface area (Å²) in [7, 11) is 6.64. The Hall–Kier alpha value is -3.10. The molecule has 8 heteroatoms. The van der Waals surface area contributed by atoms with E-state index >= 15 is 0 Å². The van der Waals surface area contributed by atoms with Gasteiger partial charge in [0.25, 0.3) is 0 Å². The molecule has 2 N–H and O–H groups in total. The van der Waals surface area contributed by atoms with Gasteiger partial charge in [0.1, 0.15) is 29.1 Å². The third kappa shape index (κ3) is 3.59. The summed E-state index contributed by atoms with van der Waals surface area (Å²) in [5.74, 6) is 2.27. The van der Waals surface area contributed by atoms with E-state index in [4.69, 9.17) is 19.2 Å². The Bertz CT molecular complexity index is 1070. The number of aliphatic hydroxyl groups is 1. The summed E-state index contributed by atoms with van der Waals surface area (Å²) in [6.45, 7) is 2.51. The lowest BCUT2D eigenvalue weighted by atomic mass is 9.87. The predicted octanol–water partition coefficient (Wildman–Crippen LogP) is 3.37. The molecule has 1 saturated heterocycles. The molecule has 32 heavy (non-hydrogen) atoms. The first-order chi connectivity index (χ1) is 15.5. The number of aromatic nitrogens is 2. The van der Waals surface area contributed by atoms with Gasteiger partial charge in [-0.3, -0.25) is 4.99 Å². The largest absolute Gasteiger partial charge is 0.497 e. The van der Waals surface area contributed by atoms with Gasteiger partial charge >= 0.3 is 0 Å².